The topological polar surface area (TPSA) is 71.1 Å². The smallest absolute Gasteiger partial charge is 0.338 e. The Kier molecular flexibility index (Phi) is 9.11. The molecule has 0 radical (unpaired) electrons. The first-order chi connectivity index (χ1) is 17.6. The number of carbonyl (C=O) groups excluding carboxylic acids is 2. The first-order valence-electron chi connectivity index (χ1n) is 11.4. The molecule has 0 atom stereocenters. The molecule has 37 heavy (non-hydrogen) atoms. The summed E-state index contributed by atoms with van der Waals surface area (Å²) in [5, 5.41) is 0. The molecule has 0 bridgehead atoms. The first-order valence-corrected chi connectivity index (χ1v) is 11.4. The standard InChI is InChI=1S/C30H29FO6/c1-18(2)29(32)36-25-13-23(16-34-5)28(24(14-25)17-35-6)21-9-7-20(8-10-21)22-11-12-27(26(31)15-22)37-30(33)19(3)4/h7-15H,1,3,16-17H2,2,4-6H3. The lowest BCUT2D eigenvalue weighted by atomic mass is 9.93. The van der Waals surface area contributed by atoms with Gasteiger partial charge >= 0.3 is 11.9 Å². The van der Waals surface area contributed by atoms with Gasteiger partial charge in [-0.1, -0.05) is 43.5 Å². The van der Waals surface area contributed by atoms with E-state index in [-0.39, 0.29) is 24.5 Å². The number of carbonyl (C=O) groups is 2. The van der Waals surface area contributed by atoms with Crippen molar-refractivity contribution in [3.05, 3.63) is 95.8 Å². The zero-order valence-electron chi connectivity index (χ0n) is 21.4. The van der Waals surface area contributed by atoms with E-state index in [0.717, 1.165) is 27.8 Å². The second kappa shape index (κ2) is 12.3. The largest absolute Gasteiger partial charge is 0.423 e. The van der Waals surface area contributed by atoms with Gasteiger partial charge in [0.25, 0.3) is 0 Å². The van der Waals surface area contributed by atoms with Gasteiger partial charge in [-0.15, -0.1) is 0 Å². The molecular formula is C30H29FO6. The van der Waals surface area contributed by atoms with Gasteiger partial charge < -0.3 is 18.9 Å². The number of rotatable bonds is 10. The van der Waals surface area contributed by atoms with Crippen molar-refractivity contribution in [2.75, 3.05) is 14.2 Å². The Bertz CT molecular complexity index is 1310. The van der Waals surface area contributed by atoms with Crippen LogP contribution in [-0.2, 0) is 32.3 Å². The molecule has 0 N–H and O–H groups in total. The zero-order chi connectivity index (χ0) is 27.1. The number of hydrogen-bond donors (Lipinski definition) is 0. The fourth-order valence-electron chi connectivity index (χ4n) is 3.68. The fraction of sp³-hybridized carbons (Fsp3) is 0.200. The number of methoxy groups -OCH3 is 2. The Hall–Kier alpha value is -4.07. The molecule has 0 heterocycles. The number of esters is 2. The summed E-state index contributed by atoms with van der Waals surface area (Å²) in [6, 6.07) is 15.5. The maximum atomic E-state index is 14.6. The molecule has 0 unspecified atom stereocenters. The average molecular weight is 505 g/mol. The van der Waals surface area contributed by atoms with Gasteiger partial charge in [-0.05, 0) is 71.5 Å². The van der Waals surface area contributed by atoms with Crippen LogP contribution >= 0.6 is 0 Å². The minimum absolute atomic E-state index is 0.158. The van der Waals surface area contributed by atoms with Gasteiger partial charge in [-0.2, -0.15) is 0 Å². The number of ether oxygens (including phenoxy) is 4. The van der Waals surface area contributed by atoms with Crippen LogP contribution in [0, 0.1) is 5.82 Å². The number of benzene rings is 3. The summed E-state index contributed by atoms with van der Waals surface area (Å²) in [5.74, 6) is -1.64. The van der Waals surface area contributed by atoms with Crippen molar-refractivity contribution in [3.63, 3.8) is 0 Å². The maximum absolute atomic E-state index is 14.6. The molecule has 3 rings (SSSR count). The van der Waals surface area contributed by atoms with Crippen LogP contribution in [0.2, 0.25) is 0 Å². The SMILES string of the molecule is C=C(C)C(=O)Oc1cc(COC)c(-c2ccc(-c3ccc(OC(=O)C(=C)C)c(F)c3)cc2)c(COC)c1. The summed E-state index contributed by atoms with van der Waals surface area (Å²) in [6.07, 6.45) is 0. The number of hydrogen-bond acceptors (Lipinski definition) is 6. The van der Waals surface area contributed by atoms with Crippen molar-refractivity contribution in [2.45, 2.75) is 27.1 Å². The normalized spacial score (nSPS) is 10.6. The average Bonchev–Trinajstić information content (AvgIpc) is 2.85. The summed E-state index contributed by atoms with van der Waals surface area (Å²) >= 11 is 0. The third-order valence-corrected chi connectivity index (χ3v) is 5.42. The van der Waals surface area contributed by atoms with E-state index in [9.17, 15) is 14.0 Å². The lowest BCUT2D eigenvalue weighted by Crippen LogP contribution is -2.10. The quantitative estimate of drug-likeness (QED) is 0.180. The molecule has 0 spiro atoms. The molecule has 0 saturated carbocycles. The second-order valence-electron chi connectivity index (χ2n) is 8.54. The van der Waals surface area contributed by atoms with Crippen molar-refractivity contribution in [3.8, 4) is 33.8 Å². The first kappa shape index (κ1) is 27.5. The predicted octanol–water partition coefficient (Wildman–Crippen LogP) is 6.42. The van der Waals surface area contributed by atoms with Gasteiger partial charge in [0.05, 0.1) is 13.2 Å². The van der Waals surface area contributed by atoms with Crippen LogP contribution in [0.5, 0.6) is 11.5 Å². The molecule has 0 fully saturated rings. The Morgan fingerprint density at radius 2 is 1.22 bits per heavy atom. The van der Waals surface area contributed by atoms with Crippen LogP contribution in [-0.4, -0.2) is 26.2 Å². The molecule has 0 aliphatic heterocycles. The van der Waals surface area contributed by atoms with Crippen LogP contribution in [0.1, 0.15) is 25.0 Å². The third-order valence-electron chi connectivity index (χ3n) is 5.42. The highest BCUT2D eigenvalue weighted by Gasteiger charge is 2.17. The summed E-state index contributed by atoms with van der Waals surface area (Å²) in [6.45, 7) is 10.8. The van der Waals surface area contributed by atoms with Crippen molar-refractivity contribution >= 4 is 11.9 Å². The summed E-state index contributed by atoms with van der Waals surface area (Å²) in [5.41, 5.74) is 5.26. The highest BCUT2D eigenvalue weighted by atomic mass is 19.1. The van der Waals surface area contributed by atoms with Crippen LogP contribution < -0.4 is 9.47 Å². The maximum Gasteiger partial charge on any atom is 0.338 e. The molecule has 192 valence electrons. The van der Waals surface area contributed by atoms with Crippen molar-refractivity contribution < 1.29 is 32.9 Å². The van der Waals surface area contributed by atoms with Crippen molar-refractivity contribution in [1.29, 1.82) is 0 Å². The van der Waals surface area contributed by atoms with E-state index in [1.54, 1.807) is 39.3 Å². The lowest BCUT2D eigenvalue weighted by molar-refractivity contribution is -0.131. The van der Waals surface area contributed by atoms with Crippen LogP contribution in [0.3, 0.4) is 0 Å². The van der Waals surface area contributed by atoms with Gasteiger partial charge in [0.1, 0.15) is 5.75 Å². The van der Waals surface area contributed by atoms with Crippen LogP contribution in [0.15, 0.2) is 78.9 Å². The van der Waals surface area contributed by atoms with Gasteiger partial charge in [0.15, 0.2) is 11.6 Å². The minimum Gasteiger partial charge on any atom is -0.423 e. The Morgan fingerprint density at radius 1 is 0.730 bits per heavy atom. The molecule has 0 amide bonds. The highest BCUT2D eigenvalue weighted by molar-refractivity contribution is 5.89. The van der Waals surface area contributed by atoms with Crippen LogP contribution in [0.25, 0.3) is 22.3 Å². The Labute approximate surface area is 215 Å². The Morgan fingerprint density at radius 3 is 1.70 bits per heavy atom. The molecule has 0 aliphatic carbocycles. The Balaban J connectivity index is 1.97. The molecule has 6 nitrogen and oxygen atoms in total. The molecule has 0 aromatic heterocycles. The van der Waals surface area contributed by atoms with E-state index in [1.165, 1.54) is 19.1 Å². The minimum atomic E-state index is -0.685. The molecular weight excluding hydrogens is 475 g/mol. The molecule has 0 saturated heterocycles. The van der Waals surface area contributed by atoms with Gasteiger partial charge in [0.2, 0.25) is 0 Å². The van der Waals surface area contributed by atoms with Gasteiger partial charge in [-0.25, -0.2) is 14.0 Å². The molecule has 3 aromatic carbocycles. The fourth-order valence-corrected chi connectivity index (χ4v) is 3.68. The molecule has 7 heteroatoms. The lowest BCUT2D eigenvalue weighted by Gasteiger charge is -2.17. The number of halogens is 1. The second-order valence-corrected chi connectivity index (χ2v) is 8.54. The van der Waals surface area contributed by atoms with Crippen molar-refractivity contribution in [2.24, 2.45) is 0 Å². The van der Waals surface area contributed by atoms with Gasteiger partial charge in [-0.3, -0.25) is 0 Å². The van der Waals surface area contributed by atoms with E-state index in [4.69, 9.17) is 18.9 Å². The van der Waals surface area contributed by atoms with E-state index in [2.05, 4.69) is 13.2 Å². The van der Waals surface area contributed by atoms with E-state index in [0.29, 0.717) is 16.9 Å². The van der Waals surface area contributed by atoms with E-state index < -0.39 is 17.8 Å². The zero-order valence-corrected chi connectivity index (χ0v) is 21.4. The van der Waals surface area contributed by atoms with E-state index >= 15 is 0 Å². The monoisotopic (exact) mass is 504 g/mol. The highest BCUT2D eigenvalue weighted by Crippen LogP contribution is 2.35. The summed E-state index contributed by atoms with van der Waals surface area (Å²) in [4.78, 5) is 23.8. The van der Waals surface area contributed by atoms with Gasteiger partial charge in [0, 0.05) is 25.4 Å². The van der Waals surface area contributed by atoms with Crippen molar-refractivity contribution in [1.82, 2.24) is 0 Å². The predicted molar refractivity (Wildman–Crippen MR) is 140 cm³/mol. The summed E-state index contributed by atoms with van der Waals surface area (Å²) in [7, 11) is 3.17. The van der Waals surface area contributed by atoms with E-state index in [1.807, 2.05) is 24.3 Å². The molecule has 3 aromatic rings. The molecule has 0 aliphatic rings. The van der Waals surface area contributed by atoms with Crippen LogP contribution in [0.4, 0.5) is 4.39 Å². The third kappa shape index (κ3) is 6.78. The summed E-state index contributed by atoms with van der Waals surface area (Å²) < 4.78 is 35.9.